The van der Waals surface area contributed by atoms with Gasteiger partial charge in [0.1, 0.15) is 0 Å². The van der Waals surface area contributed by atoms with Gasteiger partial charge in [0.05, 0.1) is 25.4 Å². The summed E-state index contributed by atoms with van der Waals surface area (Å²) in [6, 6.07) is 0. The van der Waals surface area contributed by atoms with Crippen molar-refractivity contribution < 1.29 is 14.2 Å². The van der Waals surface area contributed by atoms with E-state index in [0.717, 1.165) is 0 Å². The second-order valence-corrected chi connectivity index (χ2v) is 3.64. The Morgan fingerprint density at radius 1 is 0.923 bits per heavy atom. The second-order valence-electron chi connectivity index (χ2n) is 3.64. The van der Waals surface area contributed by atoms with Gasteiger partial charge in [-0.05, 0) is 12.8 Å². The van der Waals surface area contributed by atoms with Crippen molar-refractivity contribution in [2.45, 2.75) is 33.0 Å². The van der Waals surface area contributed by atoms with Crippen molar-refractivity contribution in [3.63, 3.8) is 0 Å². The smallest absolute Gasteiger partial charge is 0.0835 e. The third kappa shape index (κ3) is 6.02. The van der Waals surface area contributed by atoms with Crippen LogP contribution in [0.4, 0.5) is 0 Å². The summed E-state index contributed by atoms with van der Waals surface area (Å²) in [5, 5.41) is 0. The minimum Gasteiger partial charge on any atom is -0.382 e. The standard InChI is InChI=1S/C10H22O3/c1-8(2)10(7-12-5)13-9(3)6-11-4/h8-10H,6-7H2,1-5H3. The average Bonchev–Trinajstić information content (AvgIpc) is 2.04. The summed E-state index contributed by atoms with van der Waals surface area (Å²) in [6.45, 7) is 7.54. The predicted octanol–water partition coefficient (Wildman–Crippen LogP) is 1.71. The lowest BCUT2D eigenvalue weighted by Gasteiger charge is -2.24. The second kappa shape index (κ2) is 7.30. The van der Waals surface area contributed by atoms with Crippen LogP contribution in [-0.4, -0.2) is 39.6 Å². The van der Waals surface area contributed by atoms with Gasteiger partial charge in [0, 0.05) is 14.2 Å². The van der Waals surface area contributed by atoms with Crippen LogP contribution in [0.25, 0.3) is 0 Å². The molecule has 0 heterocycles. The van der Waals surface area contributed by atoms with E-state index in [2.05, 4.69) is 13.8 Å². The van der Waals surface area contributed by atoms with E-state index in [-0.39, 0.29) is 12.2 Å². The Morgan fingerprint density at radius 3 is 1.85 bits per heavy atom. The molecule has 0 spiro atoms. The summed E-state index contributed by atoms with van der Waals surface area (Å²) in [5.41, 5.74) is 0. The first-order valence-electron chi connectivity index (χ1n) is 4.75. The Bertz CT molecular complexity index is 115. The van der Waals surface area contributed by atoms with Crippen molar-refractivity contribution in [3.8, 4) is 0 Å². The molecule has 0 aliphatic heterocycles. The van der Waals surface area contributed by atoms with Gasteiger partial charge in [-0.25, -0.2) is 0 Å². The van der Waals surface area contributed by atoms with Gasteiger partial charge < -0.3 is 14.2 Å². The van der Waals surface area contributed by atoms with E-state index in [1.807, 2.05) is 6.92 Å². The fourth-order valence-corrected chi connectivity index (χ4v) is 1.13. The van der Waals surface area contributed by atoms with E-state index < -0.39 is 0 Å². The van der Waals surface area contributed by atoms with Gasteiger partial charge in [-0.3, -0.25) is 0 Å². The molecule has 0 aromatic carbocycles. The quantitative estimate of drug-likeness (QED) is 0.611. The topological polar surface area (TPSA) is 27.7 Å². The molecule has 0 bridgehead atoms. The molecule has 0 amide bonds. The summed E-state index contributed by atoms with van der Waals surface area (Å²) < 4.78 is 15.8. The van der Waals surface area contributed by atoms with Crippen LogP contribution in [0.15, 0.2) is 0 Å². The van der Waals surface area contributed by atoms with Crippen molar-refractivity contribution in [2.24, 2.45) is 5.92 Å². The zero-order valence-corrected chi connectivity index (χ0v) is 9.37. The molecule has 0 saturated carbocycles. The molecule has 0 aromatic heterocycles. The van der Waals surface area contributed by atoms with Crippen LogP contribution in [0.1, 0.15) is 20.8 Å². The lowest BCUT2D eigenvalue weighted by Crippen LogP contribution is -2.31. The maximum atomic E-state index is 5.74. The van der Waals surface area contributed by atoms with Crippen LogP contribution >= 0.6 is 0 Å². The Kier molecular flexibility index (Phi) is 7.23. The molecule has 2 unspecified atom stereocenters. The number of methoxy groups -OCH3 is 2. The molecular weight excluding hydrogens is 168 g/mol. The highest BCUT2D eigenvalue weighted by atomic mass is 16.6. The molecule has 0 rings (SSSR count). The molecule has 0 fully saturated rings. The van der Waals surface area contributed by atoms with Gasteiger partial charge in [0.25, 0.3) is 0 Å². The predicted molar refractivity (Wildman–Crippen MR) is 52.9 cm³/mol. The normalized spacial score (nSPS) is 16.2. The summed E-state index contributed by atoms with van der Waals surface area (Å²) in [7, 11) is 3.38. The summed E-state index contributed by atoms with van der Waals surface area (Å²) in [5.74, 6) is 0.472. The molecule has 3 heteroatoms. The van der Waals surface area contributed by atoms with E-state index >= 15 is 0 Å². The molecule has 0 saturated heterocycles. The van der Waals surface area contributed by atoms with E-state index in [4.69, 9.17) is 14.2 Å². The lowest BCUT2D eigenvalue weighted by atomic mass is 10.1. The van der Waals surface area contributed by atoms with Crippen LogP contribution < -0.4 is 0 Å². The molecule has 0 aromatic rings. The molecule has 3 nitrogen and oxygen atoms in total. The third-order valence-electron chi connectivity index (χ3n) is 1.88. The summed E-state index contributed by atoms with van der Waals surface area (Å²) in [6.07, 6.45) is 0.294. The number of hydrogen-bond acceptors (Lipinski definition) is 3. The Labute approximate surface area is 81.4 Å². The first-order chi connectivity index (χ1) is 6.11. The summed E-state index contributed by atoms with van der Waals surface area (Å²) in [4.78, 5) is 0. The fraction of sp³-hybridized carbons (Fsp3) is 1.00. The van der Waals surface area contributed by atoms with Crippen molar-refractivity contribution >= 4 is 0 Å². The van der Waals surface area contributed by atoms with Crippen molar-refractivity contribution in [1.29, 1.82) is 0 Å². The number of rotatable bonds is 7. The highest BCUT2D eigenvalue weighted by Gasteiger charge is 2.16. The molecule has 0 radical (unpaired) electrons. The Balaban J connectivity index is 3.79. The maximum Gasteiger partial charge on any atom is 0.0835 e. The lowest BCUT2D eigenvalue weighted by molar-refractivity contribution is -0.0834. The van der Waals surface area contributed by atoms with Gasteiger partial charge in [0.2, 0.25) is 0 Å². The maximum absolute atomic E-state index is 5.74. The number of ether oxygens (including phenoxy) is 3. The minimum atomic E-state index is 0.132. The highest BCUT2D eigenvalue weighted by molar-refractivity contribution is 4.63. The average molecular weight is 190 g/mol. The van der Waals surface area contributed by atoms with Crippen LogP contribution in [0, 0.1) is 5.92 Å². The van der Waals surface area contributed by atoms with Crippen molar-refractivity contribution in [3.05, 3.63) is 0 Å². The van der Waals surface area contributed by atoms with Gasteiger partial charge in [0.15, 0.2) is 0 Å². The van der Waals surface area contributed by atoms with E-state index in [0.29, 0.717) is 19.1 Å². The zero-order valence-electron chi connectivity index (χ0n) is 9.37. The largest absolute Gasteiger partial charge is 0.382 e. The van der Waals surface area contributed by atoms with Crippen molar-refractivity contribution in [1.82, 2.24) is 0 Å². The zero-order chi connectivity index (χ0) is 10.3. The molecule has 2 atom stereocenters. The van der Waals surface area contributed by atoms with Gasteiger partial charge >= 0.3 is 0 Å². The van der Waals surface area contributed by atoms with Crippen LogP contribution in [-0.2, 0) is 14.2 Å². The molecule has 80 valence electrons. The van der Waals surface area contributed by atoms with E-state index in [1.165, 1.54) is 0 Å². The van der Waals surface area contributed by atoms with Crippen LogP contribution in [0.2, 0.25) is 0 Å². The SMILES string of the molecule is COCC(C)OC(COC)C(C)C. The van der Waals surface area contributed by atoms with Crippen molar-refractivity contribution in [2.75, 3.05) is 27.4 Å². The van der Waals surface area contributed by atoms with E-state index in [9.17, 15) is 0 Å². The molecule has 0 N–H and O–H groups in total. The molecule has 13 heavy (non-hydrogen) atoms. The molecular formula is C10H22O3. The summed E-state index contributed by atoms with van der Waals surface area (Å²) >= 11 is 0. The van der Waals surface area contributed by atoms with Gasteiger partial charge in [-0.15, -0.1) is 0 Å². The Morgan fingerprint density at radius 2 is 1.46 bits per heavy atom. The van der Waals surface area contributed by atoms with Crippen LogP contribution in [0.3, 0.4) is 0 Å². The first kappa shape index (κ1) is 12.9. The van der Waals surface area contributed by atoms with Gasteiger partial charge in [-0.1, -0.05) is 13.8 Å². The Hall–Kier alpha value is -0.120. The molecule has 0 aliphatic carbocycles. The van der Waals surface area contributed by atoms with Gasteiger partial charge in [-0.2, -0.15) is 0 Å². The van der Waals surface area contributed by atoms with E-state index in [1.54, 1.807) is 14.2 Å². The number of hydrogen-bond donors (Lipinski definition) is 0. The van der Waals surface area contributed by atoms with Crippen LogP contribution in [0.5, 0.6) is 0 Å². The third-order valence-corrected chi connectivity index (χ3v) is 1.88. The first-order valence-corrected chi connectivity index (χ1v) is 4.75. The minimum absolute atomic E-state index is 0.132. The fourth-order valence-electron chi connectivity index (χ4n) is 1.13. The highest BCUT2D eigenvalue weighted by Crippen LogP contribution is 2.09. The monoisotopic (exact) mass is 190 g/mol. The molecule has 0 aliphatic rings.